The van der Waals surface area contributed by atoms with Gasteiger partial charge >= 0.3 is 6.09 Å². The fraction of sp³-hybridized carbons (Fsp3) is 0.333. The van der Waals surface area contributed by atoms with Crippen molar-refractivity contribution in [1.82, 2.24) is 19.5 Å². The van der Waals surface area contributed by atoms with E-state index in [1.54, 1.807) is 28.8 Å². The average molecular weight is 506 g/mol. The summed E-state index contributed by atoms with van der Waals surface area (Å²) in [7, 11) is 0. The smallest absolute Gasteiger partial charge is 0.407 e. The van der Waals surface area contributed by atoms with Crippen LogP contribution in [-0.4, -0.2) is 49.2 Å². The number of benzene rings is 2. The molecule has 1 saturated heterocycles. The Morgan fingerprint density at radius 3 is 2.62 bits per heavy atom. The van der Waals surface area contributed by atoms with Crippen LogP contribution in [0.5, 0.6) is 0 Å². The Labute approximate surface area is 211 Å². The van der Waals surface area contributed by atoms with E-state index < -0.39 is 17.8 Å². The predicted octanol–water partition coefficient (Wildman–Crippen LogP) is 4.84. The van der Waals surface area contributed by atoms with Crippen LogP contribution in [0.3, 0.4) is 0 Å². The molecule has 1 fully saturated rings. The Kier molecular flexibility index (Phi) is 5.97. The Balaban J connectivity index is 1.59. The molecule has 2 aromatic carbocycles. The van der Waals surface area contributed by atoms with Gasteiger partial charge in [0.15, 0.2) is 0 Å². The summed E-state index contributed by atoms with van der Waals surface area (Å²) in [6.07, 6.45) is 0.140. The topological polar surface area (TPSA) is 120 Å². The quantitative estimate of drug-likeness (QED) is 0.368. The third-order valence-corrected chi connectivity index (χ3v) is 7.10. The van der Waals surface area contributed by atoms with E-state index in [-0.39, 0.29) is 28.5 Å². The number of nitrogens with one attached hydrogen (secondary N) is 2. The summed E-state index contributed by atoms with van der Waals surface area (Å²) >= 11 is 0. The van der Waals surface area contributed by atoms with Crippen LogP contribution in [0.25, 0.3) is 16.6 Å². The van der Waals surface area contributed by atoms with Crippen LogP contribution in [0, 0.1) is 11.2 Å². The number of piperidine rings is 1. The molecule has 5 rings (SSSR count). The van der Waals surface area contributed by atoms with Crippen molar-refractivity contribution in [3.8, 4) is 0 Å². The van der Waals surface area contributed by atoms with Gasteiger partial charge in [0, 0.05) is 24.6 Å². The summed E-state index contributed by atoms with van der Waals surface area (Å²) < 4.78 is 15.9. The maximum atomic E-state index is 14.2. The summed E-state index contributed by atoms with van der Waals surface area (Å²) in [6, 6.07) is 12.2. The number of rotatable bonds is 3. The third kappa shape index (κ3) is 4.43. The Morgan fingerprint density at radius 1 is 1.16 bits per heavy atom. The van der Waals surface area contributed by atoms with Gasteiger partial charge in [-0.3, -0.25) is 9.59 Å². The van der Waals surface area contributed by atoms with Gasteiger partial charge in [-0.05, 0) is 42.5 Å². The largest absolute Gasteiger partial charge is 0.465 e. The Morgan fingerprint density at radius 2 is 1.92 bits per heavy atom. The van der Waals surface area contributed by atoms with Gasteiger partial charge in [-0.1, -0.05) is 39.0 Å². The number of likely N-dealkylation sites (tertiary alicyclic amines) is 1. The number of amides is 2. The molecule has 2 atom stereocenters. The first kappa shape index (κ1) is 24.5. The second-order valence-electron chi connectivity index (χ2n) is 10.5. The van der Waals surface area contributed by atoms with Gasteiger partial charge in [0.25, 0.3) is 11.5 Å². The first-order valence-corrected chi connectivity index (χ1v) is 12.1. The molecule has 9 nitrogen and oxygen atoms in total. The zero-order valence-corrected chi connectivity index (χ0v) is 20.8. The van der Waals surface area contributed by atoms with Crippen LogP contribution in [0.1, 0.15) is 55.6 Å². The van der Waals surface area contributed by atoms with Crippen molar-refractivity contribution in [3.63, 3.8) is 0 Å². The second-order valence-corrected chi connectivity index (χ2v) is 10.5. The zero-order valence-electron chi connectivity index (χ0n) is 20.8. The fourth-order valence-corrected chi connectivity index (χ4v) is 5.30. The molecule has 4 aromatic rings. The molecule has 3 heterocycles. The molecule has 0 aliphatic carbocycles. The summed E-state index contributed by atoms with van der Waals surface area (Å²) in [4.78, 5) is 41.8. The number of carbonyl (C=O) groups is 2. The summed E-state index contributed by atoms with van der Waals surface area (Å²) in [5.74, 6) is -1.35. The number of H-pyrrole nitrogens is 1. The number of nitrogens with zero attached hydrogens (tertiary/aromatic N) is 3. The van der Waals surface area contributed by atoms with E-state index in [1.165, 1.54) is 29.2 Å². The monoisotopic (exact) mass is 505 g/mol. The van der Waals surface area contributed by atoms with Crippen molar-refractivity contribution in [2.75, 3.05) is 11.9 Å². The highest BCUT2D eigenvalue weighted by molar-refractivity contribution is 6.12. The number of carbonyl (C=O) groups excluding carboxylic acids is 1. The lowest BCUT2D eigenvalue weighted by atomic mass is 9.76. The molecule has 1 aliphatic heterocycles. The van der Waals surface area contributed by atoms with E-state index in [1.807, 2.05) is 20.8 Å². The van der Waals surface area contributed by atoms with Crippen LogP contribution >= 0.6 is 0 Å². The Bertz CT molecular complexity index is 1590. The first-order valence-electron chi connectivity index (χ1n) is 12.1. The number of hydrogen-bond acceptors (Lipinski definition) is 4. The van der Waals surface area contributed by atoms with Crippen molar-refractivity contribution >= 4 is 34.2 Å². The van der Waals surface area contributed by atoms with Crippen molar-refractivity contribution < 1.29 is 19.1 Å². The minimum atomic E-state index is -0.950. The Hall–Kier alpha value is -4.21. The zero-order chi connectivity index (χ0) is 26.5. The molecule has 3 N–H and O–H groups in total. The summed E-state index contributed by atoms with van der Waals surface area (Å²) in [5.41, 5.74) is 1.31. The summed E-state index contributed by atoms with van der Waals surface area (Å²) in [6.45, 7) is 6.38. The van der Waals surface area contributed by atoms with E-state index in [4.69, 9.17) is 5.10 Å². The standard InChI is InChI=1S/C27H28FN5O4/c1-27(2,3)21-13-15(11-12-32(21)26(36)37)20-14-22(34)30-24-23-18(9-6-10-19(23)31-33(20)24)29-25(35)16-7-4-5-8-17(16)28/h4-10,14-15,21H,11-13H2,1-3H3,(H,29,35)(H,30,34)(H,36,37). The van der Waals surface area contributed by atoms with Gasteiger partial charge in [0.1, 0.15) is 11.5 Å². The van der Waals surface area contributed by atoms with Crippen molar-refractivity contribution in [2.24, 2.45) is 5.41 Å². The van der Waals surface area contributed by atoms with Gasteiger partial charge in [0.05, 0.1) is 27.8 Å². The van der Waals surface area contributed by atoms with Crippen molar-refractivity contribution in [1.29, 1.82) is 0 Å². The number of anilines is 1. The van der Waals surface area contributed by atoms with E-state index in [0.717, 1.165) is 0 Å². The van der Waals surface area contributed by atoms with Crippen LogP contribution in [0.15, 0.2) is 53.3 Å². The second kappa shape index (κ2) is 9.02. The molecule has 2 aromatic heterocycles. The molecule has 192 valence electrons. The average Bonchev–Trinajstić information content (AvgIpc) is 3.22. The van der Waals surface area contributed by atoms with E-state index in [0.29, 0.717) is 47.3 Å². The molecule has 2 unspecified atom stereocenters. The van der Waals surface area contributed by atoms with E-state index >= 15 is 0 Å². The minimum Gasteiger partial charge on any atom is -0.465 e. The van der Waals surface area contributed by atoms with Gasteiger partial charge in [-0.25, -0.2) is 13.7 Å². The molecule has 37 heavy (non-hydrogen) atoms. The number of halogens is 1. The molecule has 0 bridgehead atoms. The van der Waals surface area contributed by atoms with Gasteiger partial charge in [-0.2, -0.15) is 5.10 Å². The molecule has 1 aliphatic rings. The SMILES string of the molecule is CC(C)(C)C1CC(c2cc(=O)[nH]c3c4c(NC(=O)c5ccccc5F)cccc4nn23)CCN1C(=O)O. The lowest BCUT2D eigenvalue weighted by Gasteiger charge is -2.44. The first-order chi connectivity index (χ1) is 17.5. The van der Waals surface area contributed by atoms with Crippen molar-refractivity contribution in [3.05, 3.63) is 76.0 Å². The number of carboxylic acid groups (broad SMARTS) is 1. The fourth-order valence-electron chi connectivity index (χ4n) is 5.30. The molecule has 0 spiro atoms. The number of hydrogen-bond donors (Lipinski definition) is 3. The maximum Gasteiger partial charge on any atom is 0.407 e. The molecular formula is C27H28FN5O4. The van der Waals surface area contributed by atoms with Crippen LogP contribution in [-0.2, 0) is 0 Å². The van der Waals surface area contributed by atoms with Gasteiger partial charge in [-0.15, -0.1) is 0 Å². The molecule has 10 heteroatoms. The third-order valence-electron chi connectivity index (χ3n) is 7.10. The van der Waals surface area contributed by atoms with Gasteiger partial charge in [0.2, 0.25) is 0 Å². The van der Waals surface area contributed by atoms with Crippen LogP contribution in [0.2, 0.25) is 0 Å². The molecule has 0 saturated carbocycles. The maximum absolute atomic E-state index is 14.2. The van der Waals surface area contributed by atoms with E-state index in [2.05, 4.69) is 10.3 Å². The summed E-state index contributed by atoms with van der Waals surface area (Å²) in [5, 5.41) is 17.7. The highest BCUT2D eigenvalue weighted by Gasteiger charge is 2.40. The van der Waals surface area contributed by atoms with Crippen LogP contribution in [0.4, 0.5) is 14.9 Å². The highest BCUT2D eigenvalue weighted by Crippen LogP contribution is 2.39. The molecule has 0 radical (unpaired) electrons. The normalized spacial score (nSPS) is 18.3. The van der Waals surface area contributed by atoms with Crippen molar-refractivity contribution in [2.45, 2.75) is 45.6 Å². The number of fused-ring (bicyclic) bond motifs is 3. The number of aromatic amines is 1. The van der Waals surface area contributed by atoms with Crippen LogP contribution < -0.4 is 10.9 Å². The highest BCUT2D eigenvalue weighted by atomic mass is 19.1. The lowest BCUT2D eigenvalue weighted by molar-refractivity contribution is 0.0518. The molecule has 2 amide bonds. The van der Waals surface area contributed by atoms with Gasteiger partial charge < -0.3 is 20.3 Å². The lowest BCUT2D eigenvalue weighted by Crippen LogP contribution is -2.51. The van der Waals surface area contributed by atoms with E-state index in [9.17, 15) is 23.9 Å². The minimum absolute atomic E-state index is 0.0939. The number of aromatic nitrogens is 3. The predicted molar refractivity (Wildman–Crippen MR) is 138 cm³/mol. The molecular weight excluding hydrogens is 477 g/mol.